The summed E-state index contributed by atoms with van der Waals surface area (Å²) >= 11 is 0. The second-order valence-electron chi connectivity index (χ2n) is 5.52. The summed E-state index contributed by atoms with van der Waals surface area (Å²) in [5, 5.41) is 1.13. The van der Waals surface area contributed by atoms with Crippen LogP contribution in [0.5, 0.6) is 0 Å². The first-order valence-corrected chi connectivity index (χ1v) is 7.71. The Labute approximate surface area is 135 Å². The molecule has 0 atom stereocenters. The Balaban J connectivity index is 1.67. The lowest BCUT2D eigenvalue weighted by molar-refractivity contribution is 0.631. The van der Waals surface area contributed by atoms with E-state index in [1.807, 2.05) is 36.4 Å². The predicted molar refractivity (Wildman–Crippen MR) is 97.0 cm³/mol. The molecule has 0 aliphatic carbocycles. The quantitative estimate of drug-likeness (QED) is 0.406. The van der Waals surface area contributed by atoms with Crippen LogP contribution in [-0.2, 0) is 0 Å². The second-order valence-corrected chi connectivity index (χ2v) is 5.52. The van der Waals surface area contributed by atoms with E-state index in [1.54, 1.807) is 0 Å². The molecule has 1 heteroatoms. The average molecular weight is 296 g/mol. The van der Waals surface area contributed by atoms with E-state index in [2.05, 4.69) is 60.7 Å². The fraction of sp³-hybridized carbons (Fsp3) is 0. The van der Waals surface area contributed by atoms with E-state index >= 15 is 0 Å². The van der Waals surface area contributed by atoms with Crippen molar-refractivity contribution in [1.29, 1.82) is 0 Å². The lowest BCUT2D eigenvalue weighted by Gasteiger charge is -1.95. The van der Waals surface area contributed by atoms with Gasteiger partial charge >= 0.3 is 0 Å². The molecule has 110 valence electrons. The van der Waals surface area contributed by atoms with Crippen LogP contribution in [0.15, 0.2) is 89.3 Å². The van der Waals surface area contributed by atoms with Gasteiger partial charge in [-0.15, -0.1) is 0 Å². The van der Waals surface area contributed by atoms with Gasteiger partial charge in [-0.05, 0) is 23.3 Å². The maximum absolute atomic E-state index is 6.01. The normalized spacial score (nSPS) is 11.3. The number of hydrogen-bond acceptors (Lipinski definition) is 1. The van der Waals surface area contributed by atoms with Gasteiger partial charge in [0.15, 0.2) is 0 Å². The third-order valence-corrected chi connectivity index (χ3v) is 3.87. The van der Waals surface area contributed by atoms with Gasteiger partial charge in [-0.3, -0.25) is 0 Å². The molecule has 4 aromatic rings. The van der Waals surface area contributed by atoms with Gasteiger partial charge in [0.1, 0.15) is 11.3 Å². The summed E-state index contributed by atoms with van der Waals surface area (Å²) in [5.41, 5.74) is 4.34. The summed E-state index contributed by atoms with van der Waals surface area (Å²) in [7, 11) is 0. The first kappa shape index (κ1) is 13.6. The molecular formula is C22H16O. The van der Waals surface area contributed by atoms with Crippen LogP contribution in [0.4, 0.5) is 0 Å². The van der Waals surface area contributed by atoms with Crippen molar-refractivity contribution in [2.45, 2.75) is 0 Å². The van der Waals surface area contributed by atoms with Gasteiger partial charge in [0.2, 0.25) is 0 Å². The first-order chi connectivity index (χ1) is 11.4. The van der Waals surface area contributed by atoms with E-state index < -0.39 is 0 Å². The number of hydrogen-bond donors (Lipinski definition) is 0. The smallest absolute Gasteiger partial charge is 0.135 e. The van der Waals surface area contributed by atoms with Gasteiger partial charge < -0.3 is 4.42 Å². The second kappa shape index (κ2) is 5.98. The largest absolute Gasteiger partial charge is 0.456 e. The van der Waals surface area contributed by atoms with Crippen LogP contribution in [0, 0.1) is 0 Å². The highest BCUT2D eigenvalue weighted by Gasteiger charge is 2.05. The zero-order valence-electron chi connectivity index (χ0n) is 12.6. The molecule has 0 bridgehead atoms. The molecule has 0 amide bonds. The number of fused-ring (bicyclic) bond motifs is 1. The van der Waals surface area contributed by atoms with E-state index in [0.29, 0.717) is 0 Å². The molecule has 23 heavy (non-hydrogen) atoms. The van der Waals surface area contributed by atoms with E-state index in [1.165, 1.54) is 5.56 Å². The minimum Gasteiger partial charge on any atom is -0.456 e. The molecule has 1 aromatic heterocycles. The van der Waals surface area contributed by atoms with Gasteiger partial charge in [0, 0.05) is 10.9 Å². The lowest BCUT2D eigenvalue weighted by Crippen LogP contribution is -1.72. The summed E-state index contributed by atoms with van der Waals surface area (Å²) in [6, 6.07) is 28.9. The van der Waals surface area contributed by atoms with Crippen LogP contribution in [0.25, 0.3) is 34.4 Å². The van der Waals surface area contributed by atoms with Crippen molar-refractivity contribution < 1.29 is 4.42 Å². The van der Waals surface area contributed by atoms with Crippen LogP contribution in [0.2, 0.25) is 0 Å². The first-order valence-electron chi connectivity index (χ1n) is 7.71. The summed E-state index contributed by atoms with van der Waals surface area (Å²) in [4.78, 5) is 0. The van der Waals surface area contributed by atoms with Gasteiger partial charge in [-0.1, -0.05) is 84.9 Å². The Morgan fingerprint density at radius 2 is 1.30 bits per heavy atom. The fourth-order valence-electron chi connectivity index (χ4n) is 2.65. The highest BCUT2D eigenvalue weighted by Crippen LogP contribution is 2.28. The minimum atomic E-state index is 0.907. The average Bonchev–Trinajstić information content (AvgIpc) is 3.05. The van der Waals surface area contributed by atoms with Crippen molar-refractivity contribution >= 4 is 23.1 Å². The van der Waals surface area contributed by atoms with Crippen LogP contribution < -0.4 is 0 Å². The number of rotatable bonds is 3. The van der Waals surface area contributed by atoms with E-state index in [4.69, 9.17) is 4.42 Å². The van der Waals surface area contributed by atoms with Gasteiger partial charge in [-0.2, -0.15) is 0 Å². The highest BCUT2D eigenvalue weighted by atomic mass is 16.3. The molecule has 0 aliphatic rings. The summed E-state index contributed by atoms with van der Waals surface area (Å²) in [5.74, 6) is 0.907. The molecule has 0 radical (unpaired) electrons. The SMILES string of the molecule is C(=C\c1ccc2cc(-c3ccccc3)oc2c1)/c1ccccc1. The van der Waals surface area contributed by atoms with E-state index in [9.17, 15) is 0 Å². The number of benzene rings is 3. The molecule has 0 saturated carbocycles. The zero-order chi connectivity index (χ0) is 15.5. The highest BCUT2D eigenvalue weighted by molar-refractivity contribution is 5.85. The van der Waals surface area contributed by atoms with Crippen LogP contribution >= 0.6 is 0 Å². The molecule has 4 rings (SSSR count). The Morgan fingerprint density at radius 1 is 0.609 bits per heavy atom. The molecule has 0 saturated heterocycles. The van der Waals surface area contributed by atoms with Crippen molar-refractivity contribution in [2.24, 2.45) is 0 Å². The summed E-state index contributed by atoms with van der Waals surface area (Å²) in [6.45, 7) is 0. The Kier molecular flexibility index (Phi) is 3.53. The van der Waals surface area contributed by atoms with Crippen LogP contribution in [0.1, 0.15) is 11.1 Å². The van der Waals surface area contributed by atoms with Crippen molar-refractivity contribution in [2.75, 3.05) is 0 Å². The van der Waals surface area contributed by atoms with E-state index in [-0.39, 0.29) is 0 Å². The van der Waals surface area contributed by atoms with Crippen molar-refractivity contribution in [3.63, 3.8) is 0 Å². The molecule has 0 spiro atoms. The van der Waals surface area contributed by atoms with Crippen LogP contribution in [-0.4, -0.2) is 0 Å². The number of furan rings is 1. The predicted octanol–water partition coefficient (Wildman–Crippen LogP) is 6.27. The molecular weight excluding hydrogens is 280 g/mol. The molecule has 1 nitrogen and oxygen atoms in total. The molecule has 1 heterocycles. The maximum Gasteiger partial charge on any atom is 0.135 e. The maximum atomic E-state index is 6.01. The van der Waals surface area contributed by atoms with Crippen molar-refractivity contribution in [3.05, 3.63) is 96.1 Å². The van der Waals surface area contributed by atoms with Gasteiger partial charge in [-0.25, -0.2) is 0 Å². The zero-order valence-corrected chi connectivity index (χ0v) is 12.6. The Morgan fingerprint density at radius 3 is 2.09 bits per heavy atom. The van der Waals surface area contributed by atoms with E-state index in [0.717, 1.165) is 27.9 Å². The summed E-state index contributed by atoms with van der Waals surface area (Å²) in [6.07, 6.45) is 4.22. The molecule has 3 aromatic carbocycles. The molecule has 0 fully saturated rings. The minimum absolute atomic E-state index is 0.907. The third-order valence-electron chi connectivity index (χ3n) is 3.87. The Hall–Kier alpha value is -3.06. The summed E-state index contributed by atoms with van der Waals surface area (Å²) < 4.78 is 6.01. The van der Waals surface area contributed by atoms with Crippen molar-refractivity contribution in [1.82, 2.24) is 0 Å². The van der Waals surface area contributed by atoms with Crippen molar-refractivity contribution in [3.8, 4) is 11.3 Å². The molecule has 0 aliphatic heterocycles. The third kappa shape index (κ3) is 2.95. The fourth-order valence-corrected chi connectivity index (χ4v) is 2.65. The standard InChI is InChI=1S/C22H16O/c1-3-7-17(8-4-1)11-12-18-13-14-20-16-22(23-21(20)15-18)19-9-5-2-6-10-19/h1-16H/b12-11+. The van der Waals surface area contributed by atoms with Gasteiger partial charge in [0.05, 0.1) is 0 Å². The molecule has 0 unspecified atom stereocenters. The monoisotopic (exact) mass is 296 g/mol. The van der Waals surface area contributed by atoms with Gasteiger partial charge in [0.25, 0.3) is 0 Å². The Bertz CT molecular complexity index is 947. The lowest BCUT2D eigenvalue weighted by atomic mass is 10.1. The molecule has 0 N–H and O–H groups in total. The topological polar surface area (TPSA) is 13.1 Å². The van der Waals surface area contributed by atoms with Crippen LogP contribution in [0.3, 0.4) is 0 Å².